The van der Waals surface area contributed by atoms with Crippen molar-refractivity contribution in [2.24, 2.45) is 0 Å². The predicted molar refractivity (Wildman–Crippen MR) is 146 cm³/mol. The number of hydrogen-bond donors (Lipinski definition) is 1. The fourth-order valence-corrected chi connectivity index (χ4v) is 6.36. The Morgan fingerprint density at radius 3 is 2.46 bits per heavy atom. The molecule has 5 rings (SSSR count). The number of rotatable bonds is 5. The van der Waals surface area contributed by atoms with E-state index < -0.39 is 0 Å². The van der Waals surface area contributed by atoms with Gasteiger partial charge in [-0.15, -0.1) is 5.10 Å². The molecule has 9 nitrogen and oxygen atoms in total. The second-order valence-corrected chi connectivity index (χ2v) is 10.9. The summed E-state index contributed by atoms with van der Waals surface area (Å²) in [5.41, 5.74) is 4.31. The molecule has 3 fully saturated rings. The minimum Gasteiger partial charge on any atom is -0.369 e. The van der Waals surface area contributed by atoms with Crippen LogP contribution in [-0.2, 0) is 11.3 Å². The van der Waals surface area contributed by atoms with Gasteiger partial charge in [-0.3, -0.25) is 9.69 Å². The van der Waals surface area contributed by atoms with Crippen LogP contribution in [0.25, 0.3) is 0 Å². The molecule has 0 unspecified atom stereocenters. The van der Waals surface area contributed by atoms with Crippen LogP contribution in [-0.4, -0.2) is 94.3 Å². The molecular formula is C28H41N7O2. The van der Waals surface area contributed by atoms with Gasteiger partial charge in [-0.05, 0) is 62.9 Å². The molecule has 0 saturated carbocycles. The molecule has 3 saturated heterocycles. The number of carbonyl (C=O) groups excluding carboxylic acids is 2. The van der Waals surface area contributed by atoms with E-state index in [1.165, 1.54) is 41.3 Å². The molecule has 37 heavy (non-hydrogen) atoms. The first-order valence-electron chi connectivity index (χ1n) is 13.8. The fraction of sp³-hybridized carbons (Fsp3) is 0.607. The largest absolute Gasteiger partial charge is 0.369 e. The van der Waals surface area contributed by atoms with Gasteiger partial charge >= 0.3 is 6.03 Å². The third kappa shape index (κ3) is 5.52. The summed E-state index contributed by atoms with van der Waals surface area (Å²) in [6, 6.07) is 8.50. The number of aryl methyl sites for hydroxylation is 1. The number of aromatic nitrogens is 2. The number of anilines is 2. The minimum atomic E-state index is -0.195. The lowest BCUT2D eigenvalue weighted by Crippen LogP contribution is -2.53. The van der Waals surface area contributed by atoms with E-state index in [2.05, 4.69) is 57.2 Å². The van der Waals surface area contributed by atoms with E-state index in [-0.39, 0.29) is 17.5 Å². The van der Waals surface area contributed by atoms with Crippen LogP contribution >= 0.6 is 0 Å². The van der Waals surface area contributed by atoms with E-state index in [0.717, 1.165) is 71.7 Å². The number of hydrogen-bond acceptors (Lipinski definition) is 6. The number of amides is 2. The number of piperidine rings is 1. The van der Waals surface area contributed by atoms with Crippen molar-refractivity contribution in [2.75, 3.05) is 62.6 Å². The third-order valence-corrected chi connectivity index (χ3v) is 8.56. The highest BCUT2D eigenvalue weighted by molar-refractivity contribution is 5.88. The normalized spacial score (nSPS) is 20.5. The predicted octanol–water partition coefficient (Wildman–Crippen LogP) is 3.39. The minimum absolute atomic E-state index is 0.122. The Morgan fingerprint density at radius 1 is 1.00 bits per heavy atom. The molecule has 1 N–H and O–H groups in total. The van der Waals surface area contributed by atoms with Gasteiger partial charge in [0.2, 0.25) is 5.91 Å². The molecule has 1 aromatic carbocycles. The van der Waals surface area contributed by atoms with Crippen LogP contribution in [0.1, 0.15) is 50.7 Å². The molecule has 0 aliphatic carbocycles. The Bertz CT molecular complexity index is 1110. The molecule has 3 aliphatic rings. The van der Waals surface area contributed by atoms with Gasteiger partial charge in [-0.25, -0.2) is 4.79 Å². The van der Waals surface area contributed by atoms with Crippen LogP contribution in [0.15, 0.2) is 30.5 Å². The molecule has 3 aliphatic heterocycles. The molecule has 0 atom stereocenters. The summed E-state index contributed by atoms with van der Waals surface area (Å²) in [4.78, 5) is 34.1. The van der Waals surface area contributed by atoms with Crippen molar-refractivity contribution in [1.82, 2.24) is 24.5 Å². The Balaban J connectivity index is 1.25. The van der Waals surface area contributed by atoms with Crippen molar-refractivity contribution in [3.8, 4) is 0 Å². The van der Waals surface area contributed by atoms with Gasteiger partial charge < -0.3 is 20.0 Å². The number of carbonyl (C=O) groups is 2. The highest BCUT2D eigenvalue weighted by Crippen LogP contribution is 2.40. The van der Waals surface area contributed by atoms with Crippen molar-refractivity contribution in [3.63, 3.8) is 0 Å². The zero-order valence-corrected chi connectivity index (χ0v) is 22.6. The summed E-state index contributed by atoms with van der Waals surface area (Å²) in [7, 11) is 0. The summed E-state index contributed by atoms with van der Waals surface area (Å²) >= 11 is 0. The topological polar surface area (TPSA) is 77.0 Å². The standard InChI is InChI=1S/C28H41N7O2/c1-4-31-16-18-32(19-17-31)25-20-22(2)6-7-24(25)21-34-12-5-9-28(34)10-14-33(15-11-28)27(37)35-13-8-26(30-35)29-23(3)36/h6-8,13,20H,4-5,9-12,14-19,21H2,1-3H3,(H,29,30,36). The first kappa shape index (κ1) is 25.7. The van der Waals surface area contributed by atoms with Crippen molar-refractivity contribution in [2.45, 2.75) is 58.5 Å². The fourth-order valence-electron chi connectivity index (χ4n) is 6.36. The van der Waals surface area contributed by atoms with Crippen LogP contribution in [0.2, 0.25) is 0 Å². The number of nitrogens with zero attached hydrogens (tertiary/aromatic N) is 6. The molecule has 0 radical (unpaired) electrons. The Kier molecular flexibility index (Phi) is 7.53. The van der Waals surface area contributed by atoms with E-state index in [4.69, 9.17) is 0 Å². The van der Waals surface area contributed by atoms with Crippen LogP contribution in [0.5, 0.6) is 0 Å². The zero-order valence-electron chi connectivity index (χ0n) is 22.6. The van der Waals surface area contributed by atoms with Gasteiger partial charge in [0.05, 0.1) is 0 Å². The molecule has 1 spiro atoms. The second kappa shape index (κ2) is 10.8. The lowest BCUT2D eigenvalue weighted by molar-refractivity contribution is -0.114. The van der Waals surface area contributed by atoms with E-state index >= 15 is 0 Å². The number of likely N-dealkylation sites (tertiary alicyclic amines) is 2. The number of benzene rings is 1. The van der Waals surface area contributed by atoms with Crippen LogP contribution in [0.4, 0.5) is 16.3 Å². The molecule has 2 aromatic rings. The monoisotopic (exact) mass is 507 g/mol. The molecule has 0 bridgehead atoms. The number of piperazine rings is 1. The van der Waals surface area contributed by atoms with E-state index in [1.807, 2.05) is 4.90 Å². The first-order chi connectivity index (χ1) is 17.9. The second-order valence-electron chi connectivity index (χ2n) is 10.9. The van der Waals surface area contributed by atoms with Gasteiger partial charge in [-0.2, -0.15) is 4.68 Å². The quantitative estimate of drug-likeness (QED) is 0.669. The van der Waals surface area contributed by atoms with Gasteiger partial charge in [0.1, 0.15) is 0 Å². The maximum absolute atomic E-state index is 13.1. The summed E-state index contributed by atoms with van der Waals surface area (Å²) in [6.07, 6.45) is 5.99. The molecule has 9 heteroatoms. The van der Waals surface area contributed by atoms with Crippen molar-refractivity contribution in [1.29, 1.82) is 0 Å². The van der Waals surface area contributed by atoms with Gasteiger partial charge in [0, 0.05) is 76.2 Å². The molecule has 4 heterocycles. The third-order valence-electron chi connectivity index (χ3n) is 8.56. The van der Waals surface area contributed by atoms with Gasteiger partial charge in [0.15, 0.2) is 5.82 Å². The average Bonchev–Trinajstić information content (AvgIpc) is 3.52. The number of likely N-dealkylation sites (N-methyl/N-ethyl adjacent to an activating group) is 1. The smallest absolute Gasteiger partial charge is 0.344 e. The van der Waals surface area contributed by atoms with Crippen molar-refractivity contribution >= 4 is 23.4 Å². The summed E-state index contributed by atoms with van der Waals surface area (Å²) in [5.74, 6) is 0.209. The maximum atomic E-state index is 13.1. The Morgan fingerprint density at radius 2 is 1.76 bits per heavy atom. The Hall–Kier alpha value is -2.91. The van der Waals surface area contributed by atoms with Gasteiger partial charge in [0.25, 0.3) is 0 Å². The van der Waals surface area contributed by atoms with E-state index in [0.29, 0.717) is 5.82 Å². The highest BCUT2D eigenvalue weighted by Gasteiger charge is 2.44. The number of nitrogens with one attached hydrogen (secondary N) is 1. The lowest BCUT2D eigenvalue weighted by atomic mass is 9.84. The SMILES string of the molecule is CCN1CCN(c2cc(C)ccc2CN2CCCC23CCN(C(=O)n2ccc(NC(C)=O)n2)CC3)CC1. The molecule has 1 aromatic heterocycles. The van der Waals surface area contributed by atoms with Crippen LogP contribution < -0.4 is 10.2 Å². The zero-order chi connectivity index (χ0) is 26.0. The Labute approximate surface area is 220 Å². The maximum Gasteiger partial charge on any atom is 0.344 e. The van der Waals surface area contributed by atoms with Crippen LogP contribution in [0.3, 0.4) is 0 Å². The average molecular weight is 508 g/mol. The molecular weight excluding hydrogens is 466 g/mol. The van der Waals surface area contributed by atoms with Gasteiger partial charge in [-0.1, -0.05) is 19.1 Å². The molecule has 2 amide bonds. The van der Waals surface area contributed by atoms with E-state index in [9.17, 15) is 9.59 Å². The first-order valence-corrected chi connectivity index (χ1v) is 13.8. The highest BCUT2D eigenvalue weighted by atomic mass is 16.2. The lowest BCUT2D eigenvalue weighted by Gasteiger charge is -2.45. The summed E-state index contributed by atoms with van der Waals surface area (Å²) < 4.78 is 1.34. The summed E-state index contributed by atoms with van der Waals surface area (Å²) in [6.45, 7) is 15.0. The summed E-state index contributed by atoms with van der Waals surface area (Å²) in [5, 5.41) is 6.87. The molecule has 200 valence electrons. The van der Waals surface area contributed by atoms with Crippen molar-refractivity contribution < 1.29 is 9.59 Å². The van der Waals surface area contributed by atoms with Crippen molar-refractivity contribution in [3.05, 3.63) is 41.6 Å². The van der Waals surface area contributed by atoms with E-state index in [1.54, 1.807) is 12.3 Å². The van der Waals surface area contributed by atoms with Crippen LogP contribution in [0, 0.1) is 6.92 Å².